The van der Waals surface area contributed by atoms with Crippen LogP contribution < -0.4 is 15.4 Å². The maximum atomic E-state index is 13.7. The van der Waals surface area contributed by atoms with Crippen LogP contribution in [0, 0.1) is 5.92 Å². The van der Waals surface area contributed by atoms with Crippen LogP contribution in [0.3, 0.4) is 0 Å². The molecule has 222 valence electrons. The fourth-order valence-corrected chi connectivity index (χ4v) is 5.59. The van der Waals surface area contributed by atoms with E-state index in [1.807, 2.05) is 20.9 Å². The first-order chi connectivity index (χ1) is 19.7. The minimum absolute atomic E-state index is 0.0953. The molecule has 41 heavy (non-hydrogen) atoms. The Kier molecular flexibility index (Phi) is 10.2. The van der Waals surface area contributed by atoms with Crippen LogP contribution in [0.4, 0.5) is 10.5 Å². The van der Waals surface area contributed by atoms with Gasteiger partial charge >= 0.3 is 12.0 Å². The molecule has 10 nitrogen and oxygen atoms in total. The summed E-state index contributed by atoms with van der Waals surface area (Å²) >= 11 is 0. The Bertz CT molecular complexity index is 1210. The number of para-hydroxylation sites is 1. The van der Waals surface area contributed by atoms with Gasteiger partial charge in [-0.1, -0.05) is 44.4 Å². The highest BCUT2D eigenvalue weighted by Gasteiger charge is 2.34. The van der Waals surface area contributed by atoms with Crippen LogP contribution in [0.1, 0.15) is 72.2 Å². The molecule has 2 aromatic rings. The third kappa shape index (κ3) is 7.77. The van der Waals surface area contributed by atoms with Crippen LogP contribution in [-0.4, -0.2) is 82.9 Å². The molecule has 2 aromatic carbocycles. The van der Waals surface area contributed by atoms with Crippen molar-refractivity contribution < 1.29 is 29.3 Å². The van der Waals surface area contributed by atoms with Crippen molar-refractivity contribution >= 4 is 23.6 Å². The number of likely N-dealkylation sites (N-methyl/N-ethyl adjacent to an activating group) is 1. The molecule has 4 N–H and O–H groups in total. The largest absolute Gasteiger partial charge is 0.486 e. The third-order valence-electron chi connectivity index (χ3n) is 8.02. The van der Waals surface area contributed by atoms with Crippen LogP contribution in [0.25, 0.3) is 0 Å². The van der Waals surface area contributed by atoms with Crippen molar-refractivity contribution in [3.63, 3.8) is 0 Å². The number of anilines is 1. The zero-order valence-corrected chi connectivity index (χ0v) is 24.1. The number of carboxylic acid groups (broad SMARTS) is 1. The van der Waals surface area contributed by atoms with Crippen molar-refractivity contribution in [2.24, 2.45) is 5.92 Å². The van der Waals surface area contributed by atoms with E-state index in [1.54, 1.807) is 47.4 Å². The van der Waals surface area contributed by atoms with Crippen LogP contribution in [-0.2, 0) is 6.54 Å². The van der Waals surface area contributed by atoms with Gasteiger partial charge in [-0.25, -0.2) is 9.59 Å². The molecule has 0 saturated heterocycles. The van der Waals surface area contributed by atoms with E-state index >= 15 is 0 Å². The average Bonchev–Trinajstić information content (AvgIpc) is 2.95. The molecular weight excluding hydrogens is 524 g/mol. The van der Waals surface area contributed by atoms with Gasteiger partial charge in [0, 0.05) is 31.6 Å². The summed E-state index contributed by atoms with van der Waals surface area (Å²) in [5.41, 5.74) is 1.96. The standard InChI is InChI=1S/C31H42N4O6/c1-20-16-35(21(2)19-36)29(37)25-10-7-11-26(33-31(40)32-24-8-5-4-6-9-24)28(25)41-27(20)18-34(3)17-22-12-14-23(15-13-22)30(38)39/h7,10-15,20-21,24,27,36H,4-6,8-9,16-19H2,1-3H3,(H,38,39)(H2,32,33,40)/t20-,21-,27+/m0/s1. The molecule has 0 aromatic heterocycles. The Balaban J connectivity index is 1.58. The van der Waals surface area contributed by atoms with Gasteiger partial charge in [-0.05, 0) is 56.6 Å². The molecular formula is C31H42N4O6. The summed E-state index contributed by atoms with van der Waals surface area (Å²) < 4.78 is 6.59. The number of ether oxygens (including phenoxy) is 1. The van der Waals surface area contributed by atoms with Crippen LogP contribution >= 0.6 is 0 Å². The number of carboxylic acids is 1. The topological polar surface area (TPSA) is 131 Å². The number of carbonyl (C=O) groups excluding carboxylic acids is 2. The second-order valence-electron chi connectivity index (χ2n) is 11.4. The van der Waals surface area contributed by atoms with E-state index in [1.165, 1.54) is 6.42 Å². The number of hydrogen-bond donors (Lipinski definition) is 4. The predicted molar refractivity (Wildman–Crippen MR) is 156 cm³/mol. The van der Waals surface area contributed by atoms with Crippen molar-refractivity contribution in [2.75, 3.05) is 32.1 Å². The number of nitrogens with one attached hydrogen (secondary N) is 2. The first-order valence-electron chi connectivity index (χ1n) is 14.5. The number of benzene rings is 2. The zero-order chi connectivity index (χ0) is 29.5. The molecule has 1 saturated carbocycles. The summed E-state index contributed by atoms with van der Waals surface area (Å²) in [4.78, 5) is 41.6. The SMILES string of the molecule is C[C@H]1CN([C@@H](C)CO)C(=O)c2cccc(NC(=O)NC3CCCCC3)c2O[C@@H]1CN(C)Cc1ccc(C(=O)O)cc1. The van der Waals surface area contributed by atoms with E-state index in [0.29, 0.717) is 36.6 Å². The van der Waals surface area contributed by atoms with Crippen molar-refractivity contribution in [1.82, 2.24) is 15.1 Å². The number of nitrogens with zero attached hydrogens (tertiary/aromatic N) is 2. The molecule has 4 rings (SSSR count). The van der Waals surface area contributed by atoms with Gasteiger partial charge in [0.2, 0.25) is 0 Å². The molecule has 1 fully saturated rings. The van der Waals surface area contributed by atoms with Gasteiger partial charge in [-0.2, -0.15) is 0 Å². The molecule has 1 aliphatic heterocycles. The quantitative estimate of drug-likeness (QED) is 0.358. The Morgan fingerprint density at radius 1 is 1.12 bits per heavy atom. The van der Waals surface area contributed by atoms with E-state index in [0.717, 1.165) is 31.2 Å². The van der Waals surface area contributed by atoms with Gasteiger partial charge in [0.25, 0.3) is 5.91 Å². The maximum Gasteiger partial charge on any atom is 0.335 e. The minimum Gasteiger partial charge on any atom is -0.486 e. The summed E-state index contributed by atoms with van der Waals surface area (Å²) in [5.74, 6) is -0.993. The fraction of sp³-hybridized carbons (Fsp3) is 0.516. The monoisotopic (exact) mass is 566 g/mol. The second-order valence-corrected chi connectivity index (χ2v) is 11.4. The van der Waals surface area contributed by atoms with Gasteiger partial charge in [-0.3, -0.25) is 9.69 Å². The van der Waals surface area contributed by atoms with Crippen LogP contribution in [0.2, 0.25) is 0 Å². The molecule has 0 bridgehead atoms. The van der Waals surface area contributed by atoms with Crippen molar-refractivity contribution in [3.05, 3.63) is 59.2 Å². The normalized spacial score (nSPS) is 20.4. The Morgan fingerprint density at radius 2 is 1.83 bits per heavy atom. The van der Waals surface area contributed by atoms with Crippen molar-refractivity contribution in [3.8, 4) is 5.75 Å². The molecule has 3 amide bonds. The lowest BCUT2D eigenvalue weighted by molar-refractivity contribution is 0.0343. The average molecular weight is 567 g/mol. The van der Waals surface area contributed by atoms with E-state index in [2.05, 4.69) is 15.5 Å². The lowest BCUT2D eigenvalue weighted by Gasteiger charge is -2.38. The van der Waals surface area contributed by atoms with Gasteiger partial charge < -0.3 is 30.5 Å². The summed E-state index contributed by atoms with van der Waals surface area (Å²) in [5, 5.41) is 25.1. The second kappa shape index (κ2) is 13.8. The third-order valence-corrected chi connectivity index (χ3v) is 8.02. The fourth-order valence-electron chi connectivity index (χ4n) is 5.59. The Labute approximate surface area is 241 Å². The highest BCUT2D eigenvalue weighted by atomic mass is 16.5. The van der Waals surface area contributed by atoms with Gasteiger partial charge in [0.1, 0.15) is 6.10 Å². The number of amides is 3. The minimum atomic E-state index is -0.964. The smallest absolute Gasteiger partial charge is 0.335 e. The first-order valence-corrected chi connectivity index (χ1v) is 14.5. The van der Waals surface area contributed by atoms with Crippen molar-refractivity contribution in [2.45, 2.75) is 70.7 Å². The summed E-state index contributed by atoms with van der Waals surface area (Å²) in [7, 11) is 1.96. The highest BCUT2D eigenvalue weighted by Crippen LogP contribution is 2.35. The van der Waals surface area contributed by atoms with Gasteiger partial charge in [0.05, 0.1) is 29.5 Å². The molecule has 1 aliphatic carbocycles. The number of hydrogen-bond acceptors (Lipinski definition) is 6. The number of aromatic carboxylic acids is 1. The van der Waals surface area contributed by atoms with E-state index < -0.39 is 12.0 Å². The number of carbonyl (C=O) groups is 3. The van der Waals surface area contributed by atoms with Crippen molar-refractivity contribution in [1.29, 1.82) is 0 Å². The molecule has 3 atom stereocenters. The zero-order valence-electron chi connectivity index (χ0n) is 24.1. The van der Waals surface area contributed by atoms with E-state index in [-0.39, 0.29) is 42.2 Å². The molecule has 10 heteroatoms. The first kappa shape index (κ1) is 30.3. The molecule has 0 radical (unpaired) electrons. The van der Waals surface area contributed by atoms with Crippen LogP contribution in [0.15, 0.2) is 42.5 Å². The number of aliphatic hydroxyl groups is 1. The Hall–Kier alpha value is -3.63. The van der Waals surface area contributed by atoms with E-state index in [4.69, 9.17) is 4.74 Å². The summed E-state index contributed by atoms with van der Waals surface area (Å²) in [6.45, 7) is 5.13. The number of aliphatic hydroxyl groups excluding tert-OH is 1. The number of urea groups is 1. The summed E-state index contributed by atoms with van der Waals surface area (Å²) in [6.07, 6.45) is 4.94. The Morgan fingerprint density at radius 3 is 2.49 bits per heavy atom. The number of fused-ring (bicyclic) bond motifs is 1. The molecule has 0 spiro atoms. The molecule has 2 aliphatic rings. The van der Waals surface area contributed by atoms with E-state index in [9.17, 15) is 24.6 Å². The maximum absolute atomic E-state index is 13.7. The lowest BCUT2D eigenvalue weighted by Crippen LogP contribution is -2.50. The molecule has 1 heterocycles. The summed E-state index contributed by atoms with van der Waals surface area (Å²) in [6, 6.07) is 11.3. The highest BCUT2D eigenvalue weighted by molar-refractivity contribution is 6.01. The lowest BCUT2D eigenvalue weighted by atomic mass is 9.96. The predicted octanol–water partition coefficient (Wildman–Crippen LogP) is 4.19. The number of rotatable bonds is 9. The molecule has 0 unspecified atom stereocenters. The van der Waals surface area contributed by atoms with Gasteiger partial charge in [-0.15, -0.1) is 0 Å². The van der Waals surface area contributed by atoms with Crippen LogP contribution in [0.5, 0.6) is 5.75 Å². The van der Waals surface area contributed by atoms with Gasteiger partial charge in [0.15, 0.2) is 5.75 Å².